The lowest BCUT2D eigenvalue weighted by Crippen LogP contribution is -2.52. The van der Waals surface area contributed by atoms with E-state index >= 15 is 0 Å². The normalized spacial score (nSPS) is 31.1. The fraction of sp³-hybridized carbons (Fsp3) is 0.700. The highest BCUT2D eigenvalue weighted by atomic mass is 127. The van der Waals surface area contributed by atoms with Gasteiger partial charge in [0.1, 0.15) is 6.61 Å². The number of nitrogens with two attached hydrogens (primary N) is 1. The Morgan fingerprint density at radius 2 is 2.40 bits per heavy atom. The van der Waals surface area contributed by atoms with Gasteiger partial charge in [0.25, 0.3) is 0 Å². The van der Waals surface area contributed by atoms with E-state index in [1.807, 2.05) is 6.92 Å². The van der Waals surface area contributed by atoms with Crippen molar-refractivity contribution in [2.24, 2.45) is 5.73 Å². The fourth-order valence-corrected chi connectivity index (χ4v) is 3.22. The second kappa shape index (κ2) is 5.69. The number of carbonyl (C=O) groups excluding carboxylic acids is 1. The summed E-state index contributed by atoms with van der Waals surface area (Å²) in [5.41, 5.74) is 5.88. The number of hydrogen-bond acceptors (Lipinski definition) is 3. The number of piperidine rings is 1. The third-order valence-corrected chi connectivity index (χ3v) is 3.56. The number of rotatable bonds is 2. The van der Waals surface area contributed by atoms with Gasteiger partial charge in [-0.15, -0.1) is 0 Å². The molecule has 1 rings (SSSR count). The summed E-state index contributed by atoms with van der Waals surface area (Å²) in [5, 5.41) is 0. The van der Waals surface area contributed by atoms with Crippen LogP contribution in [-0.4, -0.2) is 33.7 Å². The van der Waals surface area contributed by atoms with Gasteiger partial charge in [0.15, 0.2) is 0 Å². The van der Waals surface area contributed by atoms with Gasteiger partial charge in [0, 0.05) is 12.1 Å². The molecular weight excluding hydrogens is 307 g/mol. The van der Waals surface area contributed by atoms with Crippen molar-refractivity contribution in [1.82, 2.24) is 4.90 Å². The summed E-state index contributed by atoms with van der Waals surface area (Å²) < 4.78 is 5.15. The van der Waals surface area contributed by atoms with Gasteiger partial charge in [-0.1, -0.05) is 35.2 Å². The van der Waals surface area contributed by atoms with Crippen LogP contribution in [0.2, 0.25) is 0 Å². The lowest BCUT2D eigenvalue weighted by molar-refractivity contribution is 0.0775. The number of alkyl halides is 1. The summed E-state index contributed by atoms with van der Waals surface area (Å²) >= 11 is 2.24. The molecular formula is C10H17IN2O2. The van der Waals surface area contributed by atoms with E-state index in [-0.39, 0.29) is 28.8 Å². The molecule has 0 aromatic carbocycles. The summed E-state index contributed by atoms with van der Waals surface area (Å²) in [6, 6.07) is 0.332. The van der Waals surface area contributed by atoms with E-state index in [0.29, 0.717) is 0 Å². The van der Waals surface area contributed by atoms with Gasteiger partial charge in [-0.25, -0.2) is 4.79 Å². The lowest BCUT2D eigenvalue weighted by Gasteiger charge is -2.39. The molecule has 0 bridgehead atoms. The van der Waals surface area contributed by atoms with Crippen LogP contribution in [0.15, 0.2) is 12.7 Å². The summed E-state index contributed by atoms with van der Waals surface area (Å²) in [4.78, 5) is 13.5. The first kappa shape index (κ1) is 12.8. The van der Waals surface area contributed by atoms with Crippen molar-refractivity contribution in [1.29, 1.82) is 0 Å². The first-order valence-corrected chi connectivity index (χ1v) is 6.26. The predicted octanol–water partition coefficient (Wildman–Crippen LogP) is 1.88. The van der Waals surface area contributed by atoms with Crippen LogP contribution >= 0.6 is 22.6 Å². The molecule has 3 atom stereocenters. The molecule has 1 fully saturated rings. The number of amides is 1. The number of hydrogen-bond donors (Lipinski definition) is 1. The van der Waals surface area contributed by atoms with Gasteiger partial charge in [-0.3, -0.25) is 4.90 Å². The third-order valence-electron chi connectivity index (χ3n) is 2.45. The molecule has 0 spiro atoms. The summed E-state index contributed by atoms with van der Waals surface area (Å²) in [6.07, 6.45) is 2.96. The number of nitrogens with zero attached hydrogens (tertiary/aromatic N) is 1. The predicted molar refractivity (Wildman–Crippen MR) is 67.9 cm³/mol. The minimum absolute atomic E-state index is 0.124. The van der Waals surface area contributed by atoms with Crippen molar-refractivity contribution < 1.29 is 9.53 Å². The SMILES string of the molecule is C=CCOC(=O)N1[C@H](I)C[C@H](N)C[C@@H]1C. The fourth-order valence-electron chi connectivity index (χ4n) is 1.79. The molecule has 5 heteroatoms. The largest absolute Gasteiger partial charge is 0.445 e. The standard InChI is InChI=1S/C10H17IN2O2/c1-3-4-15-10(14)13-7(2)5-8(12)6-9(13)11/h3,7-9H,1,4-6,12H2,2H3/t7-,8+,9-/m0/s1. The van der Waals surface area contributed by atoms with E-state index in [9.17, 15) is 4.79 Å². The Morgan fingerprint density at radius 3 is 2.93 bits per heavy atom. The van der Waals surface area contributed by atoms with E-state index in [1.165, 1.54) is 0 Å². The first-order valence-electron chi connectivity index (χ1n) is 5.02. The van der Waals surface area contributed by atoms with Gasteiger partial charge in [-0.05, 0) is 19.8 Å². The Hall–Kier alpha value is -0.300. The Balaban J connectivity index is 2.58. The zero-order chi connectivity index (χ0) is 11.4. The third kappa shape index (κ3) is 3.34. The molecule has 0 aromatic heterocycles. The Bertz CT molecular complexity index is 236. The topological polar surface area (TPSA) is 55.6 Å². The monoisotopic (exact) mass is 324 g/mol. The van der Waals surface area contributed by atoms with Gasteiger partial charge in [0.2, 0.25) is 0 Å². The molecule has 15 heavy (non-hydrogen) atoms. The van der Waals surface area contributed by atoms with Gasteiger partial charge >= 0.3 is 6.09 Å². The second-order valence-electron chi connectivity index (χ2n) is 3.79. The number of halogens is 1. The molecule has 1 heterocycles. The summed E-state index contributed by atoms with van der Waals surface area (Å²) in [7, 11) is 0. The molecule has 0 unspecified atom stereocenters. The van der Waals surface area contributed by atoms with Crippen LogP contribution in [-0.2, 0) is 4.74 Å². The van der Waals surface area contributed by atoms with Crippen LogP contribution in [0.25, 0.3) is 0 Å². The zero-order valence-corrected chi connectivity index (χ0v) is 11.0. The lowest BCUT2D eigenvalue weighted by atomic mass is 10.00. The quantitative estimate of drug-likeness (QED) is 0.365. The maximum atomic E-state index is 11.7. The van der Waals surface area contributed by atoms with Crippen molar-refractivity contribution in [2.45, 2.75) is 35.9 Å². The van der Waals surface area contributed by atoms with Crippen molar-refractivity contribution in [3.63, 3.8) is 0 Å². The van der Waals surface area contributed by atoms with Gasteiger partial charge < -0.3 is 10.5 Å². The molecule has 0 saturated carbocycles. The molecule has 1 saturated heterocycles. The minimum Gasteiger partial charge on any atom is -0.445 e. The van der Waals surface area contributed by atoms with Crippen molar-refractivity contribution in [3.05, 3.63) is 12.7 Å². The van der Waals surface area contributed by atoms with Crippen LogP contribution in [0.3, 0.4) is 0 Å². The van der Waals surface area contributed by atoms with E-state index in [2.05, 4.69) is 29.2 Å². The highest BCUT2D eigenvalue weighted by molar-refractivity contribution is 14.1. The Morgan fingerprint density at radius 1 is 1.73 bits per heavy atom. The van der Waals surface area contributed by atoms with E-state index in [4.69, 9.17) is 10.5 Å². The van der Waals surface area contributed by atoms with E-state index in [1.54, 1.807) is 11.0 Å². The molecule has 0 aromatic rings. The van der Waals surface area contributed by atoms with E-state index in [0.717, 1.165) is 12.8 Å². The van der Waals surface area contributed by atoms with Crippen LogP contribution in [0, 0.1) is 0 Å². The molecule has 0 radical (unpaired) electrons. The Kier molecular flexibility index (Phi) is 4.85. The average Bonchev–Trinajstić information content (AvgIpc) is 2.12. The van der Waals surface area contributed by atoms with Crippen molar-refractivity contribution >= 4 is 28.7 Å². The molecule has 1 aliphatic heterocycles. The van der Waals surface area contributed by atoms with Gasteiger partial charge in [-0.2, -0.15) is 0 Å². The van der Waals surface area contributed by atoms with Crippen LogP contribution in [0.5, 0.6) is 0 Å². The Labute approximate surface area is 104 Å². The molecule has 0 aliphatic carbocycles. The zero-order valence-electron chi connectivity index (χ0n) is 8.86. The number of ether oxygens (including phenoxy) is 1. The highest BCUT2D eigenvalue weighted by Gasteiger charge is 2.34. The molecule has 1 amide bonds. The summed E-state index contributed by atoms with van der Waals surface area (Å²) in [6.45, 7) is 5.77. The first-order chi connectivity index (χ1) is 7.06. The van der Waals surface area contributed by atoms with Crippen LogP contribution < -0.4 is 5.73 Å². The average molecular weight is 324 g/mol. The molecule has 86 valence electrons. The molecule has 2 N–H and O–H groups in total. The number of likely N-dealkylation sites (tertiary alicyclic amines) is 1. The van der Waals surface area contributed by atoms with Crippen molar-refractivity contribution in [3.8, 4) is 0 Å². The smallest absolute Gasteiger partial charge is 0.411 e. The highest BCUT2D eigenvalue weighted by Crippen LogP contribution is 2.26. The van der Waals surface area contributed by atoms with Crippen molar-refractivity contribution in [2.75, 3.05) is 6.61 Å². The molecule has 1 aliphatic rings. The minimum atomic E-state index is -0.270. The maximum absolute atomic E-state index is 11.7. The van der Waals surface area contributed by atoms with Crippen LogP contribution in [0.1, 0.15) is 19.8 Å². The number of carbonyl (C=O) groups is 1. The summed E-state index contributed by atoms with van der Waals surface area (Å²) in [5.74, 6) is 0. The molecule has 4 nitrogen and oxygen atoms in total. The van der Waals surface area contributed by atoms with E-state index < -0.39 is 0 Å². The maximum Gasteiger partial charge on any atom is 0.411 e. The van der Waals surface area contributed by atoms with Gasteiger partial charge in [0.05, 0.1) is 4.05 Å². The second-order valence-corrected chi connectivity index (χ2v) is 5.23. The van der Waals surface area contributed by atoms with Crippen LogP contribution in [0.4, 0.5) is 4.79 Å².